The molecule has 1 atom stereocenters. The van der Waals surface area contributed by atoms with E-state index in [-0.39, 0.29) is 24.3 Å². The van der Waals surface area contributed by atoms with Crippen LogP contribution < -0.4 is 19.5 Å². The Labute approximate surface area is 170 Å². The lowest BCUT2D eigenvalue weighted by atomic mass is 10.0. The van der Waals surface area contributed by atoms with Crippen molar-refractivity contribution in [1.82, 2.24) is 15.3 Å². The van der Waals surface area contributed by atoms with Crippen molar-refractivity contribution in [3.8, 4) is 17.2 Å². The molecule has 0 aliphatic rings. The summed E-state index contributed by atoms with van der Waals surface area (Å²) in [4.78, 5) is 20.8. The van der Waals surface area contributed by atoms with Crippen LogP contribution in [0.4, 0.5) is 0 Å². The van der Waals surface area contributed by atoms with Crippen molar-refractivity contribution in [2.45, 2.75) is 26.3 Å². The molecule has 0 bridgehead atoms. The van der Waals surface area contributed by atoms with Gasteiger partial charge in [0, 0.05) is 5.56 Å². The monoisotopic (exact) mass is 397 g/mol. The Hall–Kier alpha value is -3.22. The van der Waals surface area contributed by atoms with Crippen LogP contribution in [0.5, 0.6) is 17.2 Å². The summed E-state index contributed by atoms with van der Waals surface area (Å²) in [6.45, 7) is 4.10. The number of imidazole rings is 1. The second-order valence-corrected chi connectivity index (χ2v) is 7.10. The van der Waals surface area contributed by atoms with E-state index < -0.39 is 0 Å². The van der Waals surface area contributed by atoms with Gasteiger partial charge in [-0.2, -0.15) is 0 Å². The maximum Gasteiger partial charge on any atom is 0.225 e. The predicted molar refractivity (Wildman–Crippen MR) is 112 cm³/mol. The van der Waals surface area contributed by atoms with Gasteiger partial charge in [-0.3, -0.25) is 4.79 Å². The third kappa shape index (κ3) is 4.29. The molecule has 154 valence electrons. The number of nitrogens with one attached hydrogen (secondary N) is 2. The van der Waals surface area contributed by atoms with Gasteiger partial charge in [-0.1, -0.05) is 32.0 Å². The van der Waals surface area contributed by atoms with Crippen molar-refractivity contribution < 1.29 is 19.0 Å². The molecule has 0 radical (unpaired) electrons. The highest BCUT2D eigenvalue weighted by atomic mass is 16.5. The van der Waals surface area contributed by atoms with Crippen molar-refractivity contribution in [2.75, 3.05) is 21.3 Å². The van der Waals surface area contributed by atoms with Crippen LogP contribution in [0.1, 0.15) is 31.3 Å². The van der Waals surface area contributed by atoms with Crippen LogP contribution in [0.25, 0.3) is 11.0 Å². The number of methoxy groups -OCH3 is 3. The number of amides is 1. The number of carbonyl (C=O) groups is 1. The fourth-order valence-electron chi connectivity index (χ4n) is 3.37. The number of fused-ring (bicyclic) bond motifs is 1. The van der Waals surface area contributed by atoms with Crippen molar-refractivity contribution in [3.63, 3.8) is 0 Å². The number of hydrogen-bond acceptors (Lipinski definition) is 5. The Bertz CT molecular complexity index is 964. The summed E-state index contributed by atoms with van der Waals surface area (Å²) in [5, 5.41) is 3.10. The van der Waals surface area contributed by atoms with Gasteiger partial charge < -0.3 is 24.5 Å². The molecule has 0 saturated heterocycles. The molecule has 0 spiro atoms. The van der Waals surface area contributed by atoms with Gasteiger partial charge in [-0.05, 0) is 24.1 Å². The van der Waals surface area contributed by atoms with Crippen molar-refractivity contribution >= 4 is 16.9 Å². The molecule has 3 aromatic rings. The van der Waals surface area contributed by atoms with Gasteiger partial charge in [0.25, 0.3) is 0 Å². The Morgan fingerprint density at radius 3 is 2.38 bits per heavy atom. The van der Waals surface area contributed by atoms with E-state index in [9.17, 15) is 4.79 Å². The van der Waals surface area contributed by atoms with E-state index in [2.05, 4.69) is 29.1 Å². The number of hydrogen-bond donors (Lipinski definition) is 2. The third-order valence-corrected chi connectivity index (χ3v) is 4.82. The molecule has 3 rings (SSSR count). The zero-order valence-electron chi connectivity index (χ0n) is 17.4. The van der Waals surface area contributed by atoms with E-state index in [1.807, 2.05) is 30.3 Å². The van der Waals surface area contributed by atoms with E-state index >= 15 is 0 Å². The van der Waals surface area contributed by atoms with Crippen LogP contribution in [0, 0.1) is 5.92 Å². The molecule has 29 heavy (non-hydrogen) atoms. The highest BCUT2D eigenvalue weighted by molar-refractivity contribution is 5.81. The van der Waals surface area contributed by atoms with E-state index in [1.54, 1.807) is 27.4 Å². The van der Waals surface area contributed by atoms with E-state index in [1.165, 1.54) is 0 Å². The minimum Gasteiger partial charge on any atom is -0.493 e. The predicted octanol–water partition coefficient (Wildman–Crippen LogP) is 3.64. The molecule has 0 saturated carbocycles. The first kappa shape index (κ1) is 20.5. The molecule has 0 aliphatic heterocycles. The fraction of sp³-hybridized carbons (Fsp3) is 0.364. The summed E-state index contributed by atoms with van der Waals surface area (Å²) >= 11 is 0. The molecule has 1 amide bonds. The second-order valence-electron chi connectivity index (χ2n) is 7.10. The van der Waals surface area contributed by atoms with Gasteiger partial charge in [0.05, 0.1) is 44.8 Å². The molecule has 2 N–H and O–H groups in total. The average Bonchev–Trinajstić information content (AvgIpc) is 3.15. The minimum absolute atomic E-state index is 0.130. The topological polar surface area (TPSA) is 85.5 Å². The molecule has 7 nitrogen and oxygen atoms in total. The second kappa shape index (κ2) is 8.86. The van der Waals surface area contributed by atoms with Crippen LogP contribution in [0.3, 0.4) is 0 Å². The van der Waals surface area contributed by atoms with E-state index in [4.69, 9.17) is 14.2 Å². The quantitative estimate of drug-likeness (QED) is 0.606. The molecular formula is C22H27N3O4. The van der Waals surface area contributed by atoms with Crippen molar-refractivity contribution in [2.24, 2.45) is 5.92 Å². The number of aromatic amines is 1. The van der Waals surface area contributed by atoms with E-state index in [0.29, 0.717) is 17.2 Å². The summed E-state index contributed by atoms with van der Waals surface area (Å²) in [6, 6.07) is 11.2. The molecule has 0 aliphatic carbocycles. The number of carbonyl (C=O) groups excluding carboxylic acids is 1. The summed E-state index contributed by atoms with van der Waals surface area (Å²) in [6.07, 6.45) is 0.146. The summed E-state index contributed by atoms with van der Waals surface area (Å²) in [7, 11) is 4.65. The highest BCUT2D eigenvalue weighted by Gasteiger charge is 2.23. The third-order valence-electron chi connectivity index (χ3n) is 4.82. The molecule has 0 fully saturated rings. The minimum atomic E-state index is -0.235. The van der Waals surface area contributed by atoms with Crippen molar-refractivity contribution in [3.05, 3.63) is 47.8 Å². The zero-order valence-corrected chi connectivity index (χ0v) is 17.4. The number of nitrogens with zero attached hydrogens (tertiary/aromatic N) is 1. The Morgan fingerprint density at radius 2 is 1.76 bits per heavy atom. The Kier molecular flexibility index (Phi) is 6.26. The lowest BCUT2D eigenvalue weighted by molar-refractivity contribution is -0.121. The maximum absolute atomic E-state index is 12.9. The number of ether oxygens (including phenoxy) is 3. The van der Waals surface area contributed by atoms with Gasteiger partial charge in [-0.15, -0.1) is 0 Å². The molecule has 0 unspecified atom stereocenters. The standard InChI is InChI=1S/C22H27N3O4/c1-13(2)19(22-23-15-8-6-7-9-16(15)24-22)25-18(26)12-14-10-11-17(27-3)21(29-5)20(14)28-4/h6-11,13,19H,12H2,1-5H3,(H,23,24)(H,25,26)/t19-/m0/s1. The Balaban J connectivity index is 1.83. The first-order chi connectivity index (χ1) is 14.0. The number of para-hydroxylation sites is 2. The normalized spacial score (nSPS) is 12.1. The molecule has 1 aromatic heterocycles. The lowest BCUT2D eigenvalue weighted by Crippen LogP contribution is -2.33. The molecule has 7 heteroatoms. The summed E-state index contributed by atoms with van der Waals surface area (Å²) < 4.78 is 16.2. The molecular weight excluding hydrogens is 370 g/mol. The first-order valence-electron chi connectivity index (χ1n) is 9.50. The van der Waals surface area contributed by atoms with Gasteiger partial charge in [0.1, 0.15) is 5.82 Å². The lowest BCUT2D eigenvalue weighted by Gasteiger charge is -2.21. The fourth-order valence-corrected chi connectivity index (χ4v) is 3.37. The van der Waals surface area contributed by atoms with Gasteiger partial charge >= 0.3 is 0 Å². The van der Waals surface area contributed by atoms with Crippen LogP contribution in [0.15, 0.2) is 36.4 Å². The van der Waals surface area contributed by atoms with E-state index in [0.717, 1.165) is 22.4 Å². The Morgan fingerprint density at radius 1 is 1.03 bits per heavy atom. The number of rotatable bonds is 8. The van der Waals surface area contributed by atoms with Gasteiger partial charge in [0.15, 0.2) is 11.5 Å². The SMILES string of the molecule is COc1ccc(CC(=O)N[C@H](c2nc3ccccc3[nH]2)C(C)C)c(OC)c1OC. The maximum atomic E-state index is 12.9. The number of H-pyrrole nitrogens is 1. The van der Waals surface area contributed by atoms with Gasteiger partial charge in [-0.25, -0.2) is 4.98 Å². The van der Waals surface area contributed by atoms with Crippen LogP contribution in [-0.4, -0.2) is 37.2 Å². The smallest absolute Gasteiger partial charge is 0.225 e. The van der Waals surface area contributed by atoms with Crippen LogP contribution in [0.2, 0.25) is 0 Å². The average molecular weight is 397 g/mol. The largest absolute Gasteiger partial charge is 0.493 e. The zero-order chi connectivity index (χ0) is 21.0. The molecule has 2 aromatic carbocycles. The van der Waals surface area contributed by atoms with Crippen molar-refractivity contribution in [1.29, 1.82) is 0 Å². The van der Waals surface area contributed by atoms with Gasteiger partial charge in [0.2, 0.25) is 11.7 Å². The number of aromatic nitrogens is 2. The highest BCUT2D eigenvalue weighted by Crippen LogP contribution is 2.40. The molecule has 1 heterocycles. The number of benzene rings is 2. The van der Waals surface area contributed by atoms with Crippen LogP contribution >= 0.6 is 0 Å². The summed E-state index contributed by atoms with van der Waals surface area (Å²) in [5.74, 6) is 2.29. The first-order valence-corrected chi connectivity index (χ1v) is 9.50. The van der Waals surface area contributed by atoms with Crippen LogP contribution in [-0.2, 0) is 11.2 Å². The summed E-state index contributed by atoms with van der Waals surface area (Å²) in [5.41, 5.74) is 2.54.